The van der Waals surface area contributed by atoms with Gasteiger partial charge in [0.1, 0.15) is 11.3 Å². The van der Waals surface area contributed by atoms with E-state index in [2.05, 4.69) is 15.6 Å². The quantitative estimate of drug-likeness (QED) is 0.574. The van der Waals surface area contributed by atoms with Gasteiger partial charge in [0.2, 0.25) is 5.91 Å². The highest BCUT2D eigenvalue weighted by Gasteiger charge is 2.40. The second-order valence-electron chi connectivity index (χ2n) is 8.71. The number of nitrogens with zero attached hydrogens (tertiary/aromatic N) is 3. The minimum atomic E-state index is -1.02. The molecule has 3 atom stereocenters. The molecule has 2 aliphatic carbocycles. The number of aliphatic carboxylic acids is 1. The number of hydrogen-bond donors (Lipinski definition) is 3. The highest BCUT2D eigenvalue weighted by atomic mass is 16.5. The molecule has 1 heterocycles. The summed E-state index contributed by atoms with van der Waals surface area (Å²) in [5, 5.41) is 32.1. The number of hydrogen-bond acceptors (Lipinski definition) is 6. The van der Waals surface area contributed by atoms with Gasteiger partial charge in [-0.15, -0.1) is 5.10 Å². The van der Waals surface area contributed by atoms with Crippen LogP contribution in [-0.2, 0) is 19.9 Å². The molecule has 9 heteroatoms. The minimum Gasteiger partial charge on any atom is -0.478 e. The lowest BCUT2D eigenvalue weighted by Gasteiger charge is -2.38. The third-order valence-electron chi connectivity index (χ3n) is 6.46. The van der Waals surface area contributed by atoms with Crippen molar-refractivity contribution in [1.29, 1.82) is 0 Å². The average molecular weight is 435 g/mol. The molecule has 0 radical (unpaired) electrons. The normalized spacial score (nSPS) is 25.8. The monoisotopic (exact) mass is 434 g/mol. The first-order chi connectivity index (χ1) is 14.8. The van der Waals surface area contributed by atoms with Crippen LogP contribution in [0.4, 0.5) is 0 Å². The number of amides is 1. The molecule has 0 spiro atoms. The smallest absolute Gasteiger partial charge is 0.331 e. The summed E-state index contributed by atoms with van der Waals surface area (Å²) in [6, 6.07) is -1.09. The lowest BCUT2D eigenvalue weighted by atomic mass is 9.83. The van der Waals surface area contributed by atoms with Crippen molar-refractivity contribution < 1.29 is 24.5 Å². The fourth-order valence-corrected chi connectivity index (χ4v) is 4.64. The van der Waals surface area contributed by atoms with E-state index in [0.29, 0.717) is 18.5 Å². The van der Waals surface area contributed by atoms with Crippen LogP contribution in [0.25, 0.3) is 0 Å². The molecule has 31 heavy (non-hydrogen) atoms. The molecule has 0 unspecified atom stereocenters. The number of aliphatic hydroxyl groups is 1. The predicted molar refractivity (Wildman–Crippen MR) is 113 cm³/mol. The van der Waals surface area contributed by atoms with Crippen LogP contribution in [0.15, 0.2) is 17.8 Å². The van der Waals surface area contributed by atoms with Crippen molar-refractivity contribution >= 4 is 11.9 Å². The van der Waals surface area contributed by atoms with Crippen LogP contribution < -0.4 is 5.32 Å². The summed E-state index contributed by atoms with van der Waals surface area (Å²) in [5.41, 5.74) is -0.308. The summed E-state index contributed by atoms with van der Waals surface area (Å²) in [6.07, 6.45) is 8.70. The second kappa shape index (κ2) is 9.91. The van der Waals surface area contributed by atoms with E-state index in [0.717, 1.165) is 32.1 Å². The van der Waals surface area contributed by atoms with Crippen LogP contribution in [0.5, 0.6) is 0 Å². The summed E-state index contributed by atoms with van der Waals surface area (Å²) in [7, 11) is 0. The van der Waals surface area contributed by atoms with E-state index in [1.54, 1.807) is 17.0 Å². The van der Waals surface area contributed by atoms with Crippen molar-refractivity contribution in [2.24, 2.45) is 0 Å². The predicted octanol–water partition coefficient (Wildman–Crippen LogP) is 2.46. The fourth-order valence-electron chi connectivity index (χ4n) is 4.64. The molecule has 1 saturated carbocycles. The Morgan fingerprint density at radius 2 is 1.97 bits per heavy atom. The minimum absolute atomic E-state index is 0.0377. The molecule has 2 aliphatic rings. The summed E-state index contributed by atoms with van der Waals surface area (Å²) < 4.78 is 7.80. The van der Waals surface area contributed by atoms with Crippen molar-refractivity contribution in [2.75, 3.05) is 0 Å². The standard InChI is InChI=1S/C22H34N4O5/c1-4-16(5-2)31-18-12-15(21(28)29)11-17(20(18)23-14(3)27)26-13-19(24-25-26)22(30)9-7-6-8-10-22/h11,13,16-18,20,30H,4-10,12H2,1-3H3,(H,23,27)(H,28,29)/t17-,18+,20+/m0/s1. The zero-order chi connectivity index (χ0) is 22.6. The molecule has 1 fully saturated rings. The number of aromatic nitrogens is 3. The van der Waals surface area contributed by atoms with Gasteiger partial charge in [0.05, 0.1) is 30.5 Å². The van der Waals surface area contributed by atoms with Gasteiger partial charge < -0.3 is 20.3 Å². The van der Waals surface area contributed by atoms with Gasteiger partial charge in [-0.25, -0.2) is 9.48 Å². The molecule has 1 aromatic heterocycles. The molecule has 0 bridgehead atoms. The van der Waals surface area contributed by atoms with Crippen LogP contribution in [0.2, 0.25) is 0 Å². The number of carboxylic acid groups (broad SMARTS) is 1. The van der Waals surface area contributed by atoms with E-state index in [4.69, 9.17) is 4.74 Å². The molecule has 172 valence electrons. The summed E-state index contributed by atoms with van der Waals surface area (Å²) in [5.74, 6) is -1.25. The summed E-state index contributed by atoms with van der Waals surface area (Å²) in [4.78, 5) is 23.8. The maximum Gasteiger partial charge on any atom is 0.331 e. The Morgan fingerprint density at radius 1 is 1.29 bits per heavy atom. The lowest BCUT2D eigenvalue weighted by molar-refractivity contribution is -0.134. The first-order valence-corrected chi connectivity index (χ1v) is 11.3. The molecule has 3 rings (SSSR count). The van der Waals surface area contributed by atoms with Gasteiger partial charge in [0.15, 0.2) is 0 Å². The molecule has 9 nitrogen and oxygen atoms in total. The number of rotatable bonds is 8. The number of nitrogens with one attached hydrogen (secondary N) is 1. The van der Waals surface area contributed by atoms with E-state index >= 15 is 0 Å². The van der Waals surface area contributed by atoms with Gasteiger partial charge >= 0.3 is 5.97 Å². The van der Waals surface area contributed by atoms with Crippen LogP contribution in [0, 0.1) is 0 Å². The van der Waals surface area contributed by atoms with E-state index < -0.39 is 29.8 Å². The van der Waals surface area contributed by atoms with Gasteiger partial charge in [-0.3, -0.25) is 4.79 Å². The molecular weight excluding hydrogens is 400 g/mol. The highest BCUT2D eigenvalue weighted by molar-refractivity contribution is 5.87. The van der Waals surface area contributed by atoms with E-state index in [1.807, 2.05) is 13.8 Å². The van der Waals surface area contributed by atoms with E-state index in [-0.39, 0.29) is 24.0 Å². The Balaban J connectivity index is 1.96. The molecule has 0 saturated heterocycles. The van der Waals surface area contributed by atoms with Crippen molar-refractivity contribution in [3.8, 4) is 0 Å². The van der Waals surface area contributed by atoms with Crippen molar-refractivity contribution in [1.82, 2.24) is 20.3 Å². The largest absolute Gasteiger partial charge is 0.478 e. The molecule has 1 aromatic rings. The fraction of sp³-hybridized carbons (Fsp3) is 0.727. The Kier molecular flexibility index (Phi) is 7.48. The number of carbonyl (C=O) groups is 2. The first kappa shape index (κ1) is 23.4. The molecule has 0 aromatic carbocycles. The molecule has 0 aliphatic heterocycles. The Morgan fingerprint density at radius 3 is 2.55 bits per heavy atom. The van der Waals surface area contributed by atoms with E-state index in [9.17, 15) is 19.8 Å². The Bertz CT molecular complexity index is 811. The maximum absolute atomic E-state index is 12.0. The number of ether oxygens (including phenoxy) is 1. The molecule has 1 amide bonds. The third kappa shape index (κ3) is 5.33. The van der Waals surface area contributed by atoms with Gasteiger partial charge in [-0.2, -0.15) is 0 Å². The average Bonchev–Trinajstić information content (AvgIpc) is 3.24. The zero-order valence-electron chi connectivity index (χ0n) is 18.6. The first-order valence-electron chi connectivity index (χ1n) is 11.3. The van der Waals surface area contributed by atoms with Crippen LogP contribution in [0.3, 0.4) is 0 Å². The summed E-state index contributed by atoms with van der Waals surface area (Å²) >= 11 is 0. The maximum atomic E-state index is 12.0. The Labute approximate surface area is 182 Å². The number of carbonyl (C=O) groups excluding carboxylic acids is 1. The highest BCUT2D eigenvalue weighted by Crippen LogP contribution is 2.37. The van der Waals surface area contributed by atoms with Crippen molar-refractivity contribution in [3.05, 3.63) is 23.5 Å². The van der Waals surface area contributed by atoms with Gasteiger partial charge in [-0.1, -0.05) is 38.3 Å². The number of carboxylic acids is 1. The van der Waals surface area contributed by atoms with Gasteiger partial charge in [-0.05, 0) is 31.8 Å². The van der Waals surface area contributed by atoms with Gasteiger partial charge in [0.25, 0.3) is 0 Å². The summed E-state index contributed by atoms with van der Waals surface area (Å²) in [6.45, 7) is 5.47. The topological polar surface area (TPSA) is 127 Å². The molecule has 3 N–H and O–H groups in total. The lowest BCUT2D eigenvalue weighted by Crippen LogP contribution is -2.52. The van der Waals surface area contributed by atoms with Crippen LogP contribution in [-0.4, -0.2) is 55.3 Å². The Hall–Kier alpha value is -2.26. The van der Waals surface area contributed by atoms with Gasteiger partial charge in [0, 0.05) is 18.9 Å². The third-order valence-corrected chi connectivity index (χ3v) is 6.46. The molecular formula is C22H34N4O5. The zero-order valence-corrected chi connectivity index (χ0v) is 18.6. The van der Waals surface area contributed by atoms with Crippen molar-refractivity contribution in [2.45, 2.75) is 102 Å². The van der Waals surface area contributed by atoms with E-state index in [1.165, 1.54) is 6.92 Å². The van der Waals surface area contributed by atoms with Crippen LogP contribution >= 0.6 is 0 Å². The SMILES string of the molecule is CCC(CC)O[C@@H]1CC(C(=O)O)=C[C@H](n2cc(C3(O)CCCCC3)nn2)[C@H]1NC(C)=O. The van der Waals surface area contributed by atoms with Crippen molar-refractivity contribution in [3.63, 3.8) is 0 Å². The van der Waals surface area contributed by atoms with Crippen LogP contribution in [0.1, 0.15) is 83.9 Å². The second-order valence-corrected chi connectivity index (χ2v) is 8.71.